The van der Waals surface area contributed by atoms with Gasteiger partial charge in [0.15, 0.2) is 5.82 Å². The van der Waals surface area contributed by atoms with Gasteiger partial charge in [-0.15, -0.1) is 0 Å². The molecule has 41 heavy (non-hydrogen) atoms. The number of fused-ring (bicyclic) bond motifs is 2. The van der Waals surface area contributed by atoms with E-state index in [4.69, 9.17) is 9.47 Å². The number of nitrogens with one attached hydrogen (secondary N) is 2. The van der Waals surface area contributed by atoms with Gasteiger partial charge in [-0.25, -0.2) is 33.3 Å². The second kappa shape index (κ2) is 11.9. The van der Waals surface area contributed by atoms with Gasteiger partial charge in [0.1, 0.15) is 18.0 Å². The van der Waals surface area contributed by atoms with Crippen LogP contribution in [0, 0.1) is 11.8 Å². The smallest absolute Gasteiger partial charge is 0.413 e. The van der Waals surface area contributed by atoms with Crippen molar-refractivity contribution in [1.29, 1.82) is 0 Å². The molecule has 3 fully saturated rings. The third kappa shape index (κ3) is 6.55. The Labute approximate surface area is 236 Å². The molecule has 2 unspecified atom stereocenters. The van der Waals surface area contributed by atoms with E-state index in [9.17, 15) is 9.59 Å². The highest BCUT2D eigenvalue weighted by Gasteiger charge is 2.48. The summed E-state index contributed by atoms with van der Waals surface area (Å²) in [6.45, 7) is 3.74. The fourth-order valence-corrected chi connectivity index (χ4v) is 5.84. The molecule has 3 aliphatic rings. The quantitative estimate of drug-likeness (QED) is 0.507. The third-order valence-electron chi connectivity index (χ3n) is 7.87. The van der Waals surface area contributed by atoms with Crippen molar-refractivity contribution < 1.29 is 27.8 Å². The minimum absolute atomic E-state index is 0.0316. The molecule has 2 bridgehead atoms. The summed E-state index contributed by atoms with van der Waals surface area (Å²) in [6.07, 6.45) is 4.89. The first kappa shape index (κ1) is 28.6. The van der Waals surface area contributed by atoms with Crippen LogP contribution in [0.2, 0.25) is 0 Å². The van der Waals surface area contributed by atoms with Crippen molar-refractivity contribution in [3.05, 3.63) is 24.7 Å². The largest absolute Gasteiger partial charge is 0.477 e. The van der Waals surface area contributed by atoms with Crippen molar-refractivity contribution >= 4 is 29.7 Å². The number of carbonyl (C=O) groups is 2. The van der Waals surface area contributed by atoms with Gasteiger partial charge in [0.2, 0.25) is 11.8 Å². The number of rotatable bonds is 7. The number of urea groups is 1. The first-order valence-corrected chi connectivity index (χ1v) is 13.7. The maximum absolute atomic E-state index is 15.0. The van der Waals surface area contributed by atoms with Crippen molar-refractivity contribution in [3.63, 3.8) is 0 Å². The molecule has 2 aromatic heterocycles. The van der Waals surface area contributed by atoms with E-state index in [0.29, 0.717) is 18.4 Å². The van der Waals surface area contributed by atoms with E-state index in [1.807, 2.05) is 0 Å². The molecule has 15 heteroatoms. The summed E-state index contributed by atoms with van der Waals surface area (Å²) < 4.78 is 41.0. The molecule has 2 aromatic rings. The van der Waals surface area contributed by atoms with Crippen LogP contribution in [0.25, 0.3) is 0 Å². The third-order valence-corrected chi connectivity index (χ3v) is 7.87. The number of hydrogen-bond acceptors (Lipinski definition) is 10. The normalized spacial score (nSPS) is 25.3. The van der Waals surface area contributed by atoms with Crippen molar-refractivity contribution in [3.8, 4) is 5.88 Å². The summed E-state index contributed by atoms with van der Waals surface area (Å²) in [5, 5.41) is 5.15. The second-order valence-corrected chi connectivity index (χ2v) is 10.7. The maximum atomic E-state index is 15.0. The Morgan fingerprint density at radius 3 is 2.54 bits per heavy atom. The number of likely N-dealkylation sites (N-methyl/N-ethyl adjacent to an activating group) is 1. The minimum Gasteiger partial charge on any atom is -0.477 e. The van der Waals surface area contributed by atoms with Crippen LogP contribution >= 0.6 is 0 Å². The fourth-order valence-electron chi connectivity index (χ4n) is 5.84. The molecule has 2 N–H and O–H groups in total. The number of nitrogens with zero attached hydrogens (tertiary/aromatic N) is 7. The molecule has 3 amide bonds. The fraction of sp³-hybridized carbons (Fsp3) is 0.615. The van der Waals surface area contributed by atoms with E-state index in [0.717, 1.165) is 30.8 Å². The molecule has 2 saturated heterocycles. The van der Waals surface area contributed by atoms with Crippen LogP contribution < -0.4 is 20.3 Å². The van der Waals surface area contributed by atoms with Crippen LogP contribution in [0.3, 0.4) is 0 Å². The number of piperidine rings is 2. The monoisotopic (exact) mass is 575 g/mol. The zero-order chi connectivity index (χ0) is 29.1. The molecule has 5 rings (SSSR count). The molecule has 1 saturated carbocycles. The standard InChI is InChI=1S/C26H35F2N9O4/c1-4-40-21-12-30-20(11-31-21)33-24(38)36(3)18-15-37(10-8-26(18,27)28)23-29-9-7-19(32-23)34-25(39)41-22-16-5-6-17(22)14-35(2)13-16/h7,9,11-12,16-18,22H,4-6,8,10,13-15H2,1-3H3,(H,30,33,38)(H,29,32,34,39)/t16-,17?,18-,22?/m0/s1. The number of alkyl halides is 2. The average molecular weight is 576 g/mol. The zero-order valence-electron chi connectivity index (χ0n) is 23.3. The molecule has 13 nitrogen and oxygen atoms in total. The van der Waals surface area contributed by atoms with Gasteiger partial charge in [-0.05, 0) is 32.9 Å². The van der Waals surface area contributed by atoms with Gasteiger partial charge in [0.25, 0.3) is 5.92 Å². The predicted molar refractivity (Wildman–Crippen MR) is 145 cm³/mol. The van der Waals surface area contributed by atoms with Gasteiger partial charge in [-0.3, -0.25) is 10.6 Å². The number of hydrogen-bond donors (Lipinski definition) is 2. The minimum atomic E-state index is -3.15. The molecule has 4 heterocycles. The molecule has 222 valence electrons. The van der Waals surface area contributed by atoms with Crippen LogP contribution in [-0.4, -0.2) is 107 Å². The molecular weight excluding hydrogens is 540 g/mol. The summed E-state index contributed by atoms with van der Waals surface area (Å²) >= 11 is 0. The number of ether oxygens (including phenoxy) is 2. The highest BCUT2D eigenvalue weighted by atomic mass is 19.3. The number of carbonyl (C=O) groups excluding carboxylic acids is 2. The summed E-state index contributed by atoms with van der Waals surface area (Å²) in [4.78, 5) is 46.9. The van der Waals surface area contributed by atoms with Gasteiger partial charge in [-0.2, -0.15) is 4.98 Å². The van der Waals surface area contributed by atoms with Gasteiger partial charge in [0, 0.05) is 57.7 Å². The van der Waals surface area contributed by atoms with E-state index < -0.39 is 30.5 Å². The summed E-state index contributed by atoms with van der Waals surface area (Å²) in [7, 11) is 3.37. The topological polar surface area (TPSA) is 138 Å². The molecule has 1 aliphatic carbocycles. The number of likely N-dealkylation sites (tertiary alicyclic amines) is 1. The van der Waals surface area contributed by atoms with Gasteiger partial charge in [-0.1, -0.05) is 0 Å². The molecule has 2 aliphatic heterocycles. The van der Waals surface area contributed by atoms with Crippen molar-refractivity contribution in [2.45, 2.75) is 44.3 Å². The van der Waals surface area contributed by atoms with E-state index in [2.05, 4.69) is 42.5 Å². The van der Waals surface area contributed by atoms with Gasteiger partial charge >= 0.3 is 12.1 Å². The lowest BCUT2D eigenvalue weighted by molar-refractivity contribution is -0.0760. The van der Waals surface area contributed by atoms with Crippen LogP contribution in [0.4, 0.5) is 36.0 Å². The predicted octanol–water partition coefficient (Wildman–Crippen LogP) is 2.93. The van der Waals surface area contributed by atoms with Crippen LogP contribution in [0.1, 0.15) is 26.2 Å². The van der Waals surface area contributed by atoms with E-state index in [1.54, 1.807) is 11.8 Å². The highest BCUT2D eigenvalue weighted by Crippen LogP contribution is 2.38. The summed E-state index contributed by atoms with van der Waals surface area (Å²) in [5.41, 5.74) is 0. The maximum Gasteiger partial charge on any atom is 0.413 e. The van der Waals surface area contributed by atoms with E-state index >= 15 is 8.78 Å². The Kier molecular flexibility index (Phi) is 8.33. The second-order valence-electron chi connectivity index (χ2n) is 10.7. The average Bonchev–Trinajstić information content (AvgIpc) is 3.16. The van der Waals surface area contributed by atoms with Gasteiger partial charge < -0.3 is 24.2 Å². The Hall–Kier alpha value is -3.88. The van der Waals surface area contributed by atoms with Crippen molar-refractivity contribution in [2.75, 3.05) is 62.4 Å². The first-order valence-electron chi connectivity index (χ1n) is 13.7. The lowest BCUT2D eigenvalue weighted by atomic mass is 9.95. The summed E-state index contributed by atoms with van der Waals surface area (Å²) in [6, 6.07) is -0.726. The summed E-state index contributed by atoms with van der Waals surface area (Å²) in [5.74, 6) is -1.78. The van der Waals surface area contributed by atoms with Gasteiger partial charge in [0.05, 0.1) is 19.0 Å². The highest BCUT2D eigenvalue weighted by molar-refractivity contribution is 5.88. The Morgan fingerprint density at radius 1 is 1.10 bits per heavy atom. The van der Waals surface area contributed by atoms with E-state index in [-0.39, 0.29) is 42.7 Å². The number of aromatic nitrogens is 4. The van der Waals surface area contributed by atoms with E-state index in [1.165, 1.54) is 31.7 Å². The number of anilines is 3. The molecule has 0 radical (unpaired) electrons. The van der Waals surface area contributed by atoms with Crippen molar-refractivity contribution in [2.24, 2.45) is 11.8 Å². The first-order chi connectivity index (χ1) is 19.6. The molecule has 4 atom stereocenters. The molecule has 0 spiro atoms. The Morgan fingerprint density at radius 2 is 1.85 bits per heavy atom. The number of halogens is 2. The molecular formula is C26H35F2N9O4. The van der Waals surface area contributed by atoms with Crippen LogP contribution in [0.15, 0.2) is 24.7 Å². The molecule has 0 aromatic carbocycles. The SMILES string of the molecule is CCOc1cnc(NC(=O)N(C)[C@H]2CN(c3nccc(NC(=O)OC4C5CC[C@H]4CN(C)C5)n3)CCC2(F)F)cn1. The zero-order valence-corrected chi connectivity index (χ0v) is 23.3. The lowest BCUT2D eigenvalue weighted by Gasteiger charge is -2.42. The van der Waals surface area contributed by atoms with Crippen LogP contribution in [0.5, 0.6) is 5.88 Å². The lowest BCUT2D eigenvalue weighted by Crippen LogP contribution is -2.60. The van der Waals surface area contributed by atoms with Crippen molar-refractivity contribution in [1.82, 2.24) is 29.7 Å². The Balaban J connectivity index is 1.21. The number of amides is 3. The van der Waals surface area contributed by atoms with Crippen LogP contribution in [-0.2, 0) is 4.74 Å². The Bertz CT molecular complexity index is 1220.